The average molecular weight is 544 g/mol. The van der Waals surface area contributed by atoms with Crippen LogP contribution in [0.15, 0.2) is 130 Å². The molecule has 0 spiro atoms. The minimum Gasteiger partial charge on any atom is -0.454 e. The van der Waals surface area contributed by atoms with Crippen LogP contribution >= 0.6 is 31.9 Å². The van der Waals surface area contributed by atoms with Crippen LogP contribution in [0.25, 0.3) is 11.5 Å². The molecule has 0 unspecified atom stereocenters. The van der Waals surface area contributed by atoms with E-state index in [-0.39, 0.29) is 0 Å². The van der Waals surface area contributed by atoms with E-state index >= 15 is 0 Å². The summed E-state index contributed by atoms with van der Waals surface area (Å²) in [6.07, 6.45) is 0. The minimum atomic E-state index is -0.600. The zero-order valence-electron chi connectivity index (χ0n) is 17.2. The molecule has 1 heterocycles. The van der Waals surface area contributed by atoms with Crippen molar-refractivity contribution in [1.29, 1.82) is 0 Å². The molecule has 0 amide bonds. The molecule has 0 atom stereocenters. The van der Waals surface area contributed by atoms with E-state index in [1.54, 1.807) is 0 Å². The predicted octanol–water partition coefficient (Wildman–Crippen LogP) is 8.53. The Balaban J connectivity index is 1.90. The third-order valence-electron chi connectivity index (χ3n) is 5.75. The molecule has 1 aliphatic rings. The fourth-order valence-corrected chi connectivity index (χ4v) is 6.43. The van der Waals surface area contributed by atoms with Gasteiger partial charge in [0.2, 0.25) is 0 Å². The first-order valence-corrected chi connectivity index (χ1v) is 12.0. The van der Waals surface area contributed by atoms with Crippen molar-refractivity contribution in [3.8, 4) is 0 Å². The number of halogens is 2. The van der Waals surface area contributed by atoms with Crippen LogP contribution in [0.3, 0.4) is 0 Å². The van der Waals surface area contributed by atoms with Crippen molar-refractivity contribution in [1.82, 2.24) is 0 Å². The third kappa shape index (κ3) is 3.46. The van der Waals surface area contributed by atoms with Crippen LogP contribution < -0.4 is 0 Å². The topological polar surface area (TPSA) is 9.23 Å². The highest BCUT2D eigenvalue weighted by atomic mass is 79.9. The number of allylic oxidation sites excluding steroid dienone is 2. The van der Waals surface area contributed by atoms with Gasteiger partial charge in [0.15, 0.2) is 0 Å². The minimum absolute atomic E-state index is 0.600. The fraction of sp³-hybridized carbons (Fsp3) is 0.0345. The Morgan fingerprint density at radius 3 is 1.09 bits per heavy atom. The summed E-state index contributed by atoms with van der Waals surface area (Å²) in [6.45, 7) is 0. The van der Waals surface area contributed by atoms with Crippen LogP contribution in [0.2, 0.25) is 0 Å². The highest BCUT2D eigenvalue weighted by Gasteiger charge is 2.47. The van der Waals surface area contributed by atoms with Crippen molar-refractivity contribution < 1.29 is 4.74 Å². The van der Waals surface area contributed by atoms with Crippen molar-refractivity contribution in [3.63, 3.8) is 0 Å². The van der Waals surface area contributed by atoms with Gasteiger partial charge < -0.3 is 4.74 Å². The maximum atomic E-state index is 6.65. The lowest BCUT2D eigenvalue weighted by Crippen LogP contribution is -2.33. The monoisotopic (exact) mass is 542 g/mol. The fourth-order valence-electron chi connectivity index (χ4n) is 4.23. The highest BCUT2D eigenvalue weighted by Crippen LogP contribution is 2.58. The summed E-state index contributed by atoms with van der Waals surface area (Å²) in [6, 6.07) is 41.6. The number of rotatable bonds is 4. The molecule has 0 N–H and O–H groups in total. The van der Waals surface area contributed by atoms with Gasteiger partial charge in [0.05, 0.1) is 14.4 Å². The molecule has 0 bridgehead atoms. The van der Waals surface area contributed by atoms with E-state index < -0.39 is 5.41 Å². The smallest absolute Gasteiger partial charge is 0.146 e. The van der Waals surface area contributed by atoms with Gasteiger partial charge in [-0.2, -0.15) is 0 Å². The molecule has 4 aromatic carbocycles. The summed E-state index contributed by atoms with van der Waals surface area (Å²) < 4.78 is 8.56. The Labute approximate surface area is 205 Å². The molecular weight excluding hydrogens is 524 g/mol. The normalized spacial score (nSPS) is 15.4. The molecule has 0 fully saturated rings. The Kier molecular flexibility index (Phi) is 5.86. The Morgan fingerprint density at radius 2 is 0.750 bits per heavy atom. The Bertz CT molecular complexity index is 1180. The van der Waals surface area contributed by atoms with Gasteiger partial charge in [-0.25, -0.2) is 0 Å². The van der Waals surface area contributed by atoms with Crippen LogP contribution in [0.5, 0.6) is 0 Å². The van der Waals surface area contributed by atoms with Gasteiger partial charge in [-0.15, -0.1) is 0 Å². The van der Waals surface area contributed by atoms with Gasteiger partial charge in [-0.3, -0.25) is 0 Å². The second kappa shape index (κ2) is 8.93. The molecule has 1 nitrogen and oxygen atoms in total. The van der Waals surface area contributed by atoms with Gasteiger partial charge in [-0.1, -0.05) is 121 Å². The maximum Gasteiger partial charge on any atom is 0.146 e. The zero-order valence-corrected chi connectivity index (χ0v) is 20.4. The second-order valence-electron chi connectivity index (χ2n) is 7.60. The van der Waals surface area contributed by atoms with E-state index in [4.69, 9.17) is 4.74 Å². The summed E-state index contributed by atoms with van der Waals surface area (Å²) >= 11 is 8.04. The van der Waals surface area contributed by atoms with Gasteiger partial charge >= 0.3 is 0 Å². The van der Waals surface area contributed by atoms with Gasteiger partial charge in [0.1, 0.15) is 11.5 Å². The second-order valence-corrected chi connectivity index (χ2v) is 9.19. The van der Waals surface area contributed by atoms with E-state index in [2.05, 4.69) is 105 Å². The molecule has 0 aromatic heterocycles. The standard InChI is InChI=1S/C29H20Br2O/c30-27-25(21-13-5-1-6-14-21)32-26(22-15-7-2-8-16-22)28(31)29(27,23-17-9-3-10-18-23)24-19-11-4-12-20-24/h1-20H. The number of ether oxygens (including phenoxy) is 1. The first-order valence-electron chi connectivity index (χ1n) is 10.4. The van der Waals surface area contributed by atoms with Crippen LogP contribution in [0, 0.1) is 0 Å². The lowest BCUT2D eigenvalue weighted by atomic mass is 9.72. The number of hydrogen-bond acceptors (Lipinski definition) is 1. The van der Waals surface area contributed by atoms with E-state index in [0.717, 1.165) is 42.7 Å². The summed E-state index contributed by atoms with van der Waals surface area (Å²) in [5.41, 5.74) is 3.73. The summed E-state index contributed by atoms with van der Waals surface area (Å²) in [7, 11) is 0. The van der Waals surface area contributed by atoms with Crippen molar-refractivity contribution in [2.45, 2.75) is 5.41 Å². The van der Waals surface area contributed by atoms with Crippen LogP contribution in [-0.4, -0.2) is 0 Å². The van der Waals surface area contributed by atoms with Crippen LogP contribution in [0.4, 0.5) is 0 Å². The van der Waals surface area contributed by atoms with Gasteiger partial charge in [0.25, 0.3) is 0 Å². The Morgan fingerprint density at radius 1 is 0.438 bits per heavy atom. The molecule has 3 heteroatoms. The van der Waals surface area contributed by atoms with Crippen molar-refractivity contribution in [2.75, 3.05) is 0 Å². The van der Waals surface area contributed by atoms with E-state index in [1.165, 1.54) is 0 Å². The SMILES string of the molecule is BrC1=C(c2ccccc2)OC(c2ccccc2)=C(Br)C1(c1ccccc1)c1ccccc1. The maximum absolute atomic E-state index is 6.65. The number of hydrogen-bond donors (Lipinski definition) is 0. The first kappa shape index (κ1) is 21.0. The average Bonchev–Trinajstić information content (AvgIpc) is 2.87. The molecule has 0 aliphatic carbocycles. The molecule has 1 aliphatic heterocycles. The van der Waals surface area contributed by atoms with Gasteiger partial charge in [0, 0.05) is 11.1 Å². The third-order valence-corrected chi connectivity index (χ3v) is 7.66. The van der Waals surface area contributed by atoms with E-state index in [1.807, 2.05) is 48.5 Å². The molecule has 156 valence electrons. The Hall–Kier alpha value is -2.88. The predicted molar refractivity (Wildman–Crippen MR) is 139 cm³/mol. The summed E-state index contributed by atoms with van der Waals surface area (Å²) in [5.74, 6) is 1.61. The lowest BCUT2D eigenvalue weighted by Gasteiger charge is -2.40. The van der Waals surface area contributed by atoms with Crippen LogP contribution in [-0.2, 0) is 10.2 Å². The van der Waals surface area contributed by atoms with E-state index in [0.29, 0.717) is 0 Å². The zero-order chi connectivity index (χ0) is 22.0. The summed E-state index contributed by atoms with van der Waals surface area (Å²) in [4.78, 5) is 0. The number of benzene rings is 4. The first-order chi connectivity index (χ1) is 15.7. The molecule has 32 heavy (non-hydrogen) atoms. The molecule has 0 saturated carbocycles. The molecule has 4 aromatic rings. The van der Waals surface area contributed by atoms with Crippen molar-refractivity contribution >= 4 is 43.4 Å². The van der Waals surface area contributed by atoms with Crippen molar-refractivity contribution in [2.24, 2.45) is 0 Å². The molecule has 0 radical (unpaired) electrons. The molecule has 0 saturated heterocycles. The molecular formula is C29H20Br2O. The van der Waals surface area contributed by atoms with Crippen LogP contribution in [0.1, 0.15) is 22.3 Å². The summed E-state index contributed by atoms with van der Waals surface area (Å²) in [5, 5.41) is 0. The van der Waals surface area contributed by atoms with Crippen molar-refractivity contribution in [3.05, 3.63) is 153 Å². The van der Waals surface area contributed by atoms with Gasteiger partial charge in [-0.05, 0) is 43.0 Å². The lowest BCUT2D eigenvalue weighted by molar-refractivity contribution is 0.446. The largest absolute Gasteiger partial charge is 0.454 e. The quantitative estimate of drug-likeness (QED) is 0.250. The highest BCUT2D eigenvalue weighted by molar-refractivity contribution is 9.12. The van der Waals surface area contributed by atoms with E-state index in [9.17, 15) is 0 Å². The molecule has 5 rings (SSSR count).